The molecule has 1 aliphatic rings. The topological polar surface area (TPSA) is 41.8 Å². The molecule has 1 aliphatic heterocycles. The highest BCUT2D eigenvalue weighted by atomic mass is 35.5. The number of rotatable bonds is 1. The van der Waals surface area contributed by atoms with Crippen LogP contribution in [0, 0.1) is 0 Å². The molecule has 19 heavy (non-hydrogen) atoms. The molecule has 1 heterocycles. The highest BCUT2D eigenvalue weighted by molar-refractivity contribution is 6.31. The monoisotopic (exact) mass is 273 g/mol. The predicted molar refractivity (Wildman–Crippen MR) is 74.2 cm³/mol. The fourth-order valence-corrected chi connectivity index (χ4v) is 2.43. The van der Waals surface area contributed by atoms with E-state index in [0.29, 0.717) is 22.9 Å². The third-order valence-corrected chi connectivity index (χ3v) is 3.43. The maximum Gasteiger partial charge on any atom is 0.129 e. The van der Waals surface area contributed by atoms with Crippen LogP contribution in [-0.4, -0.2) is 10.9 Å². The van der Waals surface area contributed by atoms with E-state index in [2.05, 4.69) is 5.16 Å². The van der Waals surface area contributed by atoms with Gasteiger partial charge in [0.05, 0.1) is 5.71 Å². The van der Waals surface area contributed by atoms with E-state index in [1.807, 2.05) is 30.3 Å². The first kappa shape index (κ1) is 12.1. The highest BCUT2D eigenvalue weighted by Gasteiger charge is 2.26. The van der Waals surface area contributed by atoms with Crippen molar-refractivity contribution in [3.05, 3.63) is 64.7 Å². The van der Waals surface area contributed by atoms with E-state index in [-0.39, 0.29) is 6.10 Å². The molecule has 0 unspecified atom stereocenters. The summed E-state index contributed by atoms with van der Waals surface area (Å²) in [4.78, 5) is 0. The Bertz CT molecular complexity index is 625. The van der Waals surface area contributed by atoms with Gasteiger partial charge in [0.2, 0.25) is 0 Å². The summed E-state index contributed by atoms with van der Waals surface area (Å²) in [5.41, 5.74) is 2.41. The minimum atomic E-state index is -0.138. The molecule has 3 rings (SSSR count). The minimum Gasteiger partial charge on any atom is -0.485 e. The second-order valence-corrected chi connectivity index (χ2v) is 4.84. The molecule has 0 aliphatic carbocycles. The normalized spacial score (nSPS) is 19.8. The second-order valence-electron chi connectivity index (χ2n) is 4.41. The van der Waals surface area contributed by atoms with Gasteiger partial charge in [-0.05, 0) is 23.8 Å². The lowest BCUT2D eigenvalue weighted by Gasteiger charge is -2.27. The van der Waals surface area contributed by atoms with Gasteiger partial charge in [0, 0.05) is 17.0 Å². The predicted octanol–water partition coefficient (Wildman–Crippen LogP) is 4.04. The van der Waals surface area contributed by atoms with Gasteiger partial charge < -0.3 is 9.94 Å². The van der Waals surface area contributed by atoms with Crippen molar-refractivity contribution in [2.45, 2.75) is 12.5 Å². The Hall–Kier alpha value is -2.00. The summed E-state index contributed by atoms with van der Waals surface area (Å²) in [5.74, 6) is 0.692. The van der Waals surface area contributed by atoms with Crippen LogP contribution in [0.3, 0.4) is 0 Å². The van der Waals surface area contributed by atoms with Crippen molar-refractivity contribution < 1.29 is 9.94 Å². The Morgan fingerprint density at radius 1 is 1.16 bits per heavy atom. The minimum absolute atomic E-state index is 0.138. The van der Waals surface area contributed by atoms with Crippen molar-refractivity contribution in [3.8, 4) is 5.75 Å². The summed E-state index contributed by atoms with van der Waals surface area (Å²) in [6, 6.07) is 15.2. The van der Waals surface area contributed by atoms with E-state index in [1.54, 1.807) is 18.2 Å². The smallest absolute Gasteiger partial charge is 0.129 e. The van der Waals surface area contributed by atoms with Crippen LogP contribution in [0.2, 0.25) is 5.02 Å². The number of hydrogen-bond donors (Lipinski definition) is 1. The van der Waals surface area contributed by atoms with E-state index in [0.717, 1.165) is 11.1 Å². The van der Waals surface area contributed by atoms with Gasteiger partial charge in [-0.1, -0.05) is 47.1 Å². The number of halogens is 1. The van der Waals surface area contributed by atoms with Gasteiger partial charge in [0.1, 0.15) is 11.9 Å². The maximum atomic E-state index is 9.18. The molecule has 0 bridgehead atoms. The molecular weight excluding hydrogens is 262 g/mol. The van der Waals surface area contributed by atoms with E-state index in [9.17, 15) is 5.21 Å². The summed E-state index contributed by atoms with van der Waals surface area (Å²) in [5, 5.41) is 13.2. The highest BCUT2D eigenvalue weighted by Crippen LogP contribution is 2.36. The zero-order valence-corrected chi connectivity index (χ0v) is 10.8. The van der Waals surface area contributed by atoms with Crippen molar-refractivity contribution in [1.82, 2.24) is 0 Å². The molecule has 0 amide bonds. The molecular formula is C15H12ClNO2. The van der Waals surface area contributed by atoms with Crippen molar-refractivity contribution >= 4 is 17.3 Å². The van der Waals surface area contributed by atoms with Crippen LogP contribution in [0.1, 0.15) is 23.7 Å². The molecule has 2 aromatic carbocycles. The van der Waals surface area contributed by atoms with Crippen molar-refractivity contribution in [1.29, 1.82) is 0 Å². The molecule has 0 fully saturated rings. The fourth-order valence-electron chi connectivity index (χ4n) is 2.26. The molecule has 0 saturated heterocycles. The lowest BCUT2D eigenvalue weighted by molar-refractivity contribution is 0.203. The van der Waals surface area contributed by atoms with E-state index in [4.69, 9.17) is 16.3 Å². The van der Waals surface area contributed by atoms with Gasteiger partial charge in [-0.3, -0.25) is 0 Å². The fraction of sp³-hybridized carbons (Fsp3) is 0.133. The SMILES string of the molecule is O/N=C1/C[C@@H](c2ccccc2)Oc2ccc(Cl)cc21. The number of ether oxygens (including phenoxy) is 1. The zero-order chi connectivity index (χ0) is 13.2. The lowest BCUT2D eigenvalue weighted by Crippen LogP contribution is -2.21. The Kier molecular flexibility index (Phi) is 3.13. The summed E-state index contributed by atoms with van der Waals surface area (Å²) < 4.78 is 5.95. The molecule has 2 aromatic rings. The molecule has 96 valence electrons. The Morgan fingerprint density at radius 2 is 1.95 bits per heavy atom. The van der Waals surface area contributed by atoms with Crippen molar-refractivity contribution in [3.63, 3.8) is 0 Å². The van der Waals surface area contributed by atoms with Gasteiger partial charge >= 0.3 is 0 Å². The van der Waals surface area contributed by atoms with E-state index in [1.165, 1.54) is 0 Å². The standard InChI is InChI=1S/C15H12ClNO2/c16-11-6-7-14-12(8-11)13(17-18)9-15(19-14)10-4-2-1-3-5-10/h1-8,15,18H,9H2/b17-13-/t15-/m0/s1. The number of benzene rings is 2. The number of nitrogens with zero attached hydrogens (tertiary/aromatic N) is 1. The molecule has 1 atom stereocenters. The van der Waals surface area contributed by atoms with Gasteiger partial charge in [-0.2, -0.15) is 0 Å². The molecule has 1 N–H and O–H groups in total. The van der Waals surface area contributed by atoms with Crippen LogP contribution in [0.15, 0.2) is 53.7 Å². The van der Waals surface area contributed by atoms with E-state index >= 15 is 0 Å². The molecule has 0 spiro atoms. The third kappa shape index (κ3) is 2.29. The van der Waals surface area contributed by atoms with Crippen LogP contribution in [0.5, 0.6) is 5.75 Å². The van der Waals surface area contributed by atoms with Crippen LogP contribution in [-0.2, 0) is 0 Å². The Labute approximate surface area is 116 Å². The molecule has 4 heteroatoms. The van der Waals surface area contributed by atoms with Crippen LogP contribution in [0.25, 0.3) is 0 Å². The Morgan fingerprint density at radius 3 is 2.68 bits per heavy atom. The first-order valence-corrected chi connectivity index (χ1v) is 6.38. The van der Waals surface area contributed by atoms with Gasteiger partial charge in [-0.25, -0.2) is 0 Å². The van der Waals surface area contributed by atoms with Gasteiger partial charge in [0.25, 0.3) is 0 Å². The quantitative estimate of drug-likeness (QED) is 0.629. The van der Waals surface area contributed by atoms with Crippen LogP contribution < -0.4 is 4.74 Å². The zero-order valence-electron chi connectivity index (χ0n) is 10.1. The molecule has 0 aromatic heterocycles. The van der Waals surface area contributed by atoms with E-state index < -0.39 is 0 Å². The largest absolute Gasteiger partial charge is 0.485 e. The van der Waals surface area contributed by atoms with Gasteiger partial charge in [0.15, 0.2) is 0 Å². The van der Waals surface area contributed by atoms with Crippen molar-refractivity contribution in [2.75, 3.05) is 0 Å². The number of hydrogen-bond acceptors (Lipinski definition) is 3. The maximum absolute atomic E-state index is 9.18. The Balaban J connectivity index is 2.01. The first-order valence-electron chi connectivity index (χ1n) is 6.00. The average Bonchev–Trinajstić information content (AvgIpc) is 2.47. The van der Waals surface area contributed by atoms with Crippen LogP contribution >= 0.6 is 11.6 Å². The number of fused-ring (bicyclic) bond motifs is 1. The second kappa shape index (κ2) is 4.94. The average molecular weight is 274 g/mol. The third-order valence-electron chi connectivity index (χ3n) is 3.19. The van der Waals surface area contributed by atoms with Crippen molar-refractivity contribution in [2.24, 2.45) is 5.16 Å². The van der Waals surface area contributed by atoms with Gasteiger partial charge in [-0.15, -0.1) is 0 Å². The first-order chi connectivity index (χ1) is 9.28. The lowest BCUT2D eigenvalue weighted by atomic mass is 9.96. The molecule has 0 saturated carbocycles. The van der Waals surface area contributed by atoms with Crippen LogP contribution in [0.4, 0.5) is 0 Å². The summed E-state index contributed by atoms with van der Waals surface area (Å²) >= 11 is 5.96. The summed E-state index contributed by atoms with van der Waals surface area (Å²) in [7, 11) is 0. The number of oxime groups is 1. The molecule has 3 nitrogen and oxygen atoms in total. The summed E-state index contributed by atoms with van der Waals surface area (Å²) in [6.07, 6.45) is 0.384. The summed E-state index contributed by atoms with van der Waals surface area (Å²) in [6.45, 7) is 0. The molecule has 0 radical (unpaired) electrons.